The summed E-state index contributed by atoms with van der Waals surface area (Å²) < 4.78 is 10.9. The van der Waals surface area contributed by atoms with Crippen molar-refractivity contribution in [3.8, 4) is 5.75 Å². The van der Waals surface area contributed by atoms with E-state index in [9.17, 15) is 9.59 Å². The number of halogens is 1. The molecule has 0 fully saturated rings. The number of hydrogen-bond donors (Lipinski definition) is 1. The minimum Gasteiger partial charge on any atom is -0.489 e. The highest BCUT2D eigenvalue weighted by molar-refractivity contribution is 6.30. The van der Waals surface area contributed by atoms with Crippen LogP contribution >= 0.6 is 11.6 Å². The largest absolute Gasteiger partial charge is 0.489 e. The van der Waals surface area contributed by atoms with Crippen LogP contribution in [0.15, 0.2) is 72.9 Å². The number of carbonyl (C=O) groups is 2. The first kappa shape index (κ1) is 20.4. The SMILES string of the molecule is C[C@@H](OC(=O)c1ccc(COc2ccccc2)cc1)C(=O)Nc1ccc(Cl)cn1. The van der Waals surface area contributed by atoms with E-state index in [1.54, 1.807) is 36.4 Å². The van der Waals surface area contributed by atoms with Crippen molar-refractivity contribution in [1.29, 1.82) is 0 Å². The second kappa shape index (κ2) is 9.71. The van der Waals surface area contributed by atoms with Gasteiger partial charge in [0.25, 0.3) is 5.91 Å². The summed E-state index contributed by atoms with van der Waals surface area (Å²) in [5.41, 5.74) is 1.25. The first-order valence-electron chi connectivity index (χ1n) is 8.91. The molecule has 0 aliphatic heterocycles. The fourth-order valence-corrected chi connectivity index (χ4v) is 2.49. The maximum absolute atomic E-state index is 12.3. The molecule has 1 atom stereocenters. The van der Waals surface area contributed by atoms with E-state index in [4.69, 9.17) is 21.1 Å². The van der Waals surface area contributed by atoms with E-state index >= 15 is 0 Å². The van der Waals surface area contributed by atoms with Gasteiger partial charge in [0.1, 0.15) is 18.2 Å². The van der Waals surface area contributed by atoms with E-state index in [1.165, 1.54) is 13.1 Å². The number of aromatic nitrogens is 1. The van der Waals surface area contributed by atoms with Gasteiger partial charge in [-0.3, -0.25) is 4.79 Å². The van der Waals surface area contributed by atoms with Crippen molar-refractivity contribution >= 4 is 29.3 Å². The average Bonchev–Trinajstić information content (AvgIpc) is 2.75. The van der Waals surface area contributed by atoms with Crippen LogP contribution in [0.2, 0.25) is 5.02 Å². The van der Waals surface area contributed by atoms with Crippen LogP contribution < -0.4 is 10.1 Å². The quantitative estimate of drug-likeness (QED) is 0.580. The Balaban J connectivity index is 1.51. The Morgan fingerprint density at radius 1 is 1.03 bits per heavy atom. The number of nitrogens with one attached hydrogen (secondary N) is 1. The van der Waals surface area contributed by atoms with Crippen LogP contribution in [0.4, 0.5) is 5.82 Å². The number of anilines is 1. The minimum absolute atomic E-state index is 0.324. The lowest BCUT2D eigenvalue weighted by molar-refractivity contribution is -0.123. The fraction of sp³-hybridized carbons (Fsp3) is 0.136. The number of esters is 1. The average molecular weight is 411 g/mol. The second-order valence-electron chi connectivity index (χ2n) is 6.20. The molecule has 0 saturated carbocycles. The summed E-state index contributed by atoms with van der Waals surface area (Å²) in [5.74, 6) is 0.0179. The molecule has 148 valence electrons. The number of para-hydroxylation sites is 1. The van der Waals surface area contributed by atoms with Crippen LogP contribution in [-0.2, 0) is 16.1 Å². The van der Waals surface area contributed by atoms with Gasteiger partial charge in [-0.2, -0.15) is 0 Å². The smallest absolute Gasteiger partial charge is 0.338 e. The lowest BCUT2D eigenvalue weighted by Crippen LogP contribution is -2.30. The molecule has 2 aromatic carbocycles. The molecule has 3 aromatic rings. The fourth-order valence-electron chi connectivity index (χ4n) is 2.38. The van der Waals surface area contributed by atoms with E-state index in [2.05, 4.69) is 10.3 Å². The molecular formula is C22H19ClN2O4. The van der Waals surface area contributed by atoms with Crippen LogP contribution in [0.1, 0.15) is 22.8 Å². The van der Waals surface area contributed by atoms with E-state index in [-0.39, 0.29) is 0 Å². The lowest BCUT2D eigenvalue weighted by atomic mass is 10.1. The van der Waals surface area contributed by atoms with E-state index in [0.29, 0.717) is 23.0 Å². The first-order chi connectivity index (χ1) is 14.0. The number of amides is 1. The molecule has 0 radical (unpaired) electrons. The van der Waals surface area contributed by atoms with Gasteiger partial charge in [0.2, 0.25) is 0 Å². The van der Waals surface area contributed by atoms with Crippen LogP contribution in [0, 0.1) is 0 Å². The van der Waals surface area contributed by atoms with Crippen LogP contribution in [0.5, 0.6) is 5.75 Å². The third kappa shape index (κ3) is 6.05. The topological polar surface area (TPSA) is 77.5 Å². The van der Waals surface area contributed by atoms with Crippen LogP contribution in [0.3, 0.4) is 0 Å². The number of pyridine rings is 1. The van der Waals surface area contributed by atoms with Gasteiger partial charge >= 0.3 is 5.97 Å². The summed E-state index contributed by atoms with van der Waals surface area (Å²) in [4.78, 5) is 28.4. The first-order valence-corrected chi connectivity index (χ1v) is 9.29. The molecule has 0 saturated heterocycles. The Bertz CT molecular complexity index is 960. The Morgan fingerprint density at radius 2 is 1.76 bits per heavy atom. The Labute approximate surface area is 173 Å². The Hall–Kier alpha value is -3.38. The highest BCUT2D eigenvalue weighted by Crippen LogP contribution is 2.14. The van der Waals surface area contributed by atoms with Crippen LogP contribution in [0.25, 0.3) is 0 Å². The molecule has 3 rings (SSSR count). The number of carbonyl (C=O) groups excluding carboxylic acids is 2. The molecule has 29 heavy (non-hydrogen) atoms. The third-order valence-corrected chi connectivity index (χ3v) is 4.19. The molecule has 0 spiro atoms. The van der Waals surface area contributed by atoms with Gasteiger partial charge in [0.15, 0.2) is 6.10 Å². The Kier molecular flexibility index (Phi) is 6.81. The molecule has 1 heterocycles. The van der Waals surface area contributed by atoms with Gasteiger partial charge in [0.05, 0.1) is 10.6 Å². The summed E-state index contributed by atoms with van der Waals surface area (Å²) in [6, 6.07) is 19.5. The van der Waals surface area contributed by atoms with Gasteiger partial charge in [-0.05, 0) is 48.9 Å². The predicted octanol–water partition coefficient (Wildman–Crippen LogP) is 4.50. The molecule has 0 bridgehead atoms. The highest BCUT2D eigenvalue weighted by Gasteiger charge is 2.19. The predicted molar refractivity (Wildman–Crippen MR) is 110 cm³/mol. The van der Waals surface area contributed by atoms with Gasteiger partial charge in [-0.25, -0.2) is 9.78 Å². The summed E-state index contributed by atoms with van der Waals surface area (Å²) >= 11 is 5.76. The maximum Gasteiger partial charge on any atom is 0.338 e. The Morgan fingerprint density at radius 3 is 2.41 bits per heavy atom. The number of hydrogen-bond acceptors (Lipinski definition) is 5. The number of ether oxygens (including phenoxy) is 2. The molecule has 1 N–H and O–H groups in total. The highest BCUT2D eigenvalue weighted by atomic mass is 35.5. The summed E-state index contributed by atoms with van der Waals surface area (Å²) in [6.07, 6.45) is 0.428. The number of rotatable bonds is 7. The molecule has 0 unspecified atom stereocenters. The van der Waals surface area contributed by atoms with Crippen molar-refractivity contribution in [2.45, 2.75) is 19.6 Å². The maximum atomic E-state index is 12.3. The van der Waals surface area contributed by atoms with Gasteiger partial charge in [-0.1, -0.05) is 41.9 Å². The standard InChI is InChI=1S/C22H19ClN2O4/c1-15(21(26)25-20-12-11-18(23)13-24-20)29-22(27)17-9-7-16(8-10-17)14-28-19-5-3-2-4-6-19/h2-13,15H,14H2,1H3,(H,24,25,26)/t15-/m1/s1. The van der Waals surface area contributed by atoms with Gasteiger partial charge in [-0.15, -0.1) is 0 Å². The third-order valence-electron chi connectivity index (χ3n) is 3.97. The minimum atomic E-state index is -0.985. The lowest BCUT2D eigenvalue weighted by Gasteiger charge is -2.13. The molecule has 1 aromatic heterocycles. The zero-order valence-corrected chi connectivity index (χ0v) is 16.4. The molecule has 1 amide bonds. The van der Waals surface area contributed by atoms with E-state index < -0.39 is 18.0 Å². The summed E-state index contributed by atoms with van der Waals surface area (Å²) in [7, 11) is 0. The summed E-state index contributed by atoms with van der Waals surface area (Å²) in [6.45, 7) is 1.87. The molecular weight excluding hydrogens is 392 g/mol. The van der Waals surface area contributed by atoms with Crippen molar-refractivity contribution < 1.29 is 19.1 Å². The second-order valence-corrected chi connectivity index (χ2v) is 6.63. The molecule has 0 aliphatic rings. The zero-order chi connectivity index (χ0) is 20.6. The number of nitrogens with zero attached hydrogens (tertiary/aromatic N) is 1. The number of benzene rings is 2. The molecule has 6 nitrogen and oxygen atoms in total. The van der Waals surface area contributed by atoms with Crippen molar-refractivity contribution in [3.63, 3.8) is 0 Å². The van der Waals surface area contributed by atoms with Crippen molar-refractivity contribution in [2.24, 2.45) is 0 Å². The van der Waals surface area contributed by atoms with Crippen molar-refractivity contribution in [1.82, 2.24) is 4.98 Å². The molecule has 0 aliphatic carbocycles. The monoisotopic (exact) mass is 410 g/mol. The van der Waals surface area contributed by atoms with Crippen LogP contribution in [-0.4, -0.2) is 23.0 Å². The van der Waals surface area contributed by atoms with Gasteiger partial charge < -0.3 is 14.8 Å². The van der Waals surface area contributed by atoms with Gasteiger partial charge in [0, 0.05) is 6.20 Å². The van der Waals surface area contributed by atoms with Crippen molar-refractivity contribution in [2.75, 3.05) is 5.32 Å². The normalized spacial score (nSPS) is 11.4. The molecule has 7 heteroatoms. The summed E-state index contributed by atoms with van der Waals surface area (Å²) in [5, 5.41) is 3.02. The van der Waals surface area contributed by atoms with Crippen molar-refractivity contribution in [3.05, 3.63) is 89.1 Å². The zero-order valence-electron chi connectivity index (χ0n) is 15.7. The van der Waals surface area contributed by atoms with E-state index in [1.807, 2.05) is 30.3 Å². The van der Waals surface area contributed by atoms with E-state index in [0.717, 1.165) is 11.3 Å².